The van der Waals surface area contributed by atoms with Gasteiger partial charge in [0.2, 0.25) is 5.91 Å². The van der Waals surface area contributed by atoms with Crippen molar-refractivity contribution in [3.8, 4) is 5.75 Å². The highest BCUT2D eigenvalue weighted by molar-refractivity contribution is 5.79. The quantitative estimate of drug-likeness (QED) is 0.802. The largest absolute Gasteiger partial charge is 0.497 e. The predicted octanol–water partition coefficient (Wildman–Crippen LogP) is 1.81. The smallest absolute Gasteiger partial charge is 0.227 e. The molecule has 1 amide bonds. The summed E-state index contributed by atoms with van der Waals surface area (Å²) < 4.78 is 10.4. The highest BCUT2D eigenvalue weighted by Crippen LogP contribution is 2.18. The van der Waals surface area contributed by atoms with Gasteiger partial charge in [-0.2, -0.15) is 0 Å². The average molecular weight is 320 g/mol. The predicted molar refractivity (Wildman–Crippen MR) is 90.8 cm³/mol. The third kappa shape index (κ3) is 4.69. The minimum atomic E-state index is 0.184. The van der Waals surface area contributed by atoms with Crippen LogP contribution in [0.25, 0.3) is 0 Å². The molecule has 0 aromatic heterocycles. The Kier molecular flexibility index (Phi) is 6.42. The van der Waals surface area contributed by atoms with Crippen molar-refractivity contribution >= 4 is 5.91 Å². The van der Waals surface area contributed by atoms with E-state index in [0.717, 1.165) is 37.6 Å². The molecule has 1 aromatic carbocycles. The first-order valence-electron chi connectivity index (χ1n) is 8.20. The van der Waals surface area contributed by atoms with E-state index in [1.165, 1.54) is 0 Å². The van der Waals surface area contributed by atoms with Crippen molar-refractivity contribution in [1.82, 2.24) is 9.80 Å². The maximum Gasteiger partial charge on any atom is 0.227 e. The summed E-state index contributed by atoms with van der Waals surface area (Å²) in [5.74, 6) is 0.977. The summed E-state index contributed by atoms with van der Waals surface area (Å²) in [5.41, 5.74) is 0.997. The lowest BCUT2D eigenvalue weighted by molar-refractivity contribution is -0.135. The summed E-state index contributed by atoms with van der Waals surface area (Å²) in [4.78, 5) is 17.0. The molecule has 128 valence electrons. The molecule has 0 N–H and O–H groups in total. The zero-order chi connectivity index (χ0) is 16.8. The van der Waals surface area contributed by atoms with Crippen LogP contribution >= 0.6 is 0 Å². The number of nitrogens with zero attached hydrogens (tertiary/aromatic N) is 2. The molecule has 1 heterocycles. The van der Waals surface area contributed by atoms with E-state index in [-0.39, 0.29) is 5.91 Å². The SMILES string of the molecule is COCCN1C(C)CN(C(=O)Cc2cccc(OC)c2)CC1C. The van der Waals surface area contributed by atoms with E-state index in [1.54, 1.807) is 14.2 Å². The second-order valence-corrected chi connectivity index (χ2v) is 6.26. The Morgan fingerprint density at radius 3 is 2.52 bits per heavy atom. The Balaban J connectivity index is 1.95. The van der Waals surface area contributed by atoms with Crippen LogP contribution in [0, 0.1) is 0 Å². The molecular weight excluding hydrogens is 292 g/mol. The first-order chi connectivity index (χ1) is 11.0. The Labute approximate surface area is 139 Å². The molecule has 1 saturated heterocycles. The summed E-state index contributed by atoms with van der Waals surface area (Å²) in [5, 5.41) is 0. The van der Waals surface area contributed by atoms with Gasteiger partial charge >= 0.3 is 0 Å². The van der Waals surface area contributed by atoms with Crippen LogP contribution in [0.1, 0.15) is 19.4 Å². The van der Waals surface area contributed by atoms with Gasteiger partial charge in [0.25, 0.3) is 0 Å². The molecule has 0 aliphatic carbocycles. The van der Waals surface area contributed by atoms with Gasteiger partial charge in [0.15, 0.2) is 0 Å². The van der Waals surface area contributed by atoms with Crippen molar-refractivity contribution < 1.29 is 14.3 Å². The molecule has 0 spiro atoms. The van der Waals surface area contributed by atoms with E-state index in [4.69, 9.17) is 9.47 Å². The molecule has 5 heteroatoms. The maximum atomic E-state index is 12.6. The van der Waals surface area contributed by atoms with Gasteiger partial charge in [0, 0.05) is 38.8 Å². The van der Waals surface area contributed by atoms with Crippen LogP contribution < -0.4 is 4.74 Å². The Hall–Kier alpha value is -1.59. The van der Waals surface area contributed by atoms with Gasteiger partial charge in [-0.25, -0.2) is 0 Å². The fourth-order valence-corrected chi connectivity index (χ4v) is 3.27. The maximum absolute atomic E-state index is 12.6. The third-order valence-corrected chi connectivity index (χ3v) is 4.50. The number of ether oxygens (including phenoxy) is 2. The zero-order valence-electron chi connectivity index (χ0n) is 14.6. The molecule has 0 radical (unpaired) electrons. The van der Waals surface area contributed by atoms with Crippen LogP contribution in [-0.2, 0) is 16.0 Å². The number of carbonyl (C=O) groups excluding carboxylic acids is 1. The van der Waals surface area contributed by atoms with Crippen LogP contribution in [0.4, 0.5) is 0 Å². The van der Waals surface area contributed by atoms with E-state index < -0.39 is 0 Å². The standard InChI is InChI=1S/C18H28N2O3/c1-14-12-19(13-15(2)20(14)8-9-22-3)18(21)11-16-6-5-7-17(10-16)23-4/h5-7,10,14-15H,8-9,11-13H2,1-4H3. The molecule has 1 fully saturated rings. The third-order valence-electron chi connectivity index (χ3n) is 4.50. The number of hydrogen-bond donors (Lipinski definition) is 0. The second kappa shape index (κ2) is 8.31. The zero-order valence-corrected chi connectivity index (χ0v) is 14.6. The molecule has 0 bridgehead atoms. The summed E-state index contributed by atoms with van der Waals surface area (Å²) >= 11 is 0. The van der Waals surface area contributed by atoms with E-state index >= 15 is 0 Å². The fourth-order valence-electron chi connectivity index (χ4n) is 3.27. The number of amides is 1. The lowest BCUT2D eigenvalue weighted by atomic mass is 10.1. The molecule has 1 aromatic rings. The first-order valence-corrected chi connectivity index (χ1v) is 8.20. The van der Waals surface area contributed by atoms with Crippen molar-refractivity contribution in [2.75, 3.05) is 40.5 Å². The number of benzene rings is 1. The molecule has 1 aliphatic rings. The topological polar surface area (TPSA) is 42.0 Å². The Morgan fingerprint density at radius 1 is 1.22 bits per heavy atom. The number of hydrogen-bond acceptors (Lipinski definition) is 4. The number of piperazine rings is 1. The lowest BCUT2D eigenvalue weighted by Gasteiger charge is -2.44. The number of carbonyl (C=O) groups is 1. The summed E-state index contributed by atoms with van der Waals surface area (Å²) in [6, 6.07) is 8.43. The van der Waals surface area contributed by atoms with Crippen molar-refractivity contribution in [3.63, 3.8) is 0 Å². The van der Waals surface area contributed by atoms with Crippen molar-refractivity contribution in [3.05, 3.63) is 29.8 Å². The van der Waals surface area contributed by atoms with Crippen LogP contribution in [-0.4, -0.2) is 68.3 Å². The van der Waals surface area contributed by atoms with Crippen LogP contribution in [0.5, 0.6) is 5.75 Å². The van der Waals surface area contributed by atoms with Crippen LogP contribution in [0.15, 0.2) is 24.3 Å². The normalized spacial score (nSPS) is 22.2. The molecular formula is C18H28N2O3. The van der Waals surface area contributed by atoms with Gasteiger partial charge in [-0.05, 0) is 31.5 Å². The van der Waals surface area contributed by atoms with E-state index in [1.807, 2.05) is 29.2 Å². The van der Waals surface area contributed by atoms with E-state index in [0.29, 0.717) is 18.5 Å². The summed E-state index contributed by atoms with van der Waals surface area (Å²) in [6.07, 6.45) is 0.425. The molecule has 2 unspecified atom stereocenters. The van der Waals surface area contributed by atoms with Gasteiger partial charge in [-0.15, -0.1) is 0 Å². The minimum absolute atomic E-state index is 0.184. The van der Waals surface area contributed by atoms with Gasteiger partial charge < -0.3 is 14.4 Å². The lowest BCUT2D eigenvalue weighted by Crippen LogP contribution is -2.58. The van der Waals surface area contributed by atoms with Gasteiger partial charge in [-0.1, -0.05) is 12.1 Å². The minimum Gasteiger partial charge on any atom is -0.497 e. The van der Waals surface area contributed by atoms with Crippen molar-refractivity contribution in [2.24, 2.45) is 0 Å². The van der Waals surface area contributed by atoms with Gasteiger partial charge in [0.05, 0.1) is 20.1 Å². The van der Waals surface area contributed by atoms with Crippen molar-refractivity contribution in [1.29, 1.82) is 0 Å². The molecule has 2 rings (SSSR count). The number of methoxy groups -OCH3 is 2. The van der Waals surface area contributed by atoms with Gasteiger partial charge in [-0.3, -0.25) is 9.69 Å². The van der Waals surface area contributed by atoms with Crippen molar-refractivity contribution in [2.45, 2.75) is 32.4 Å². The van der Waals surface area contributed by atoms with Crippen LogP contribution in [0.3, 0.4) is 0 Å². The average Bonchev–Trinajstić information content (AvgIpc) is 2.54. The first kappa shape index (κ1) is 17.8. The highest BCUT2D eigenvalue weighted by atomic mass is 16.5. The molecule has 0 saturated carbocycles. The Morgan fingerprint density at radius 2 is 1.91 bits per heavy atom. The van der Waals surface area contributed by atoms with Crippen LogP contribution in [0.2, 0.25) is 0 Å². The summed E-state index contributed by atoms with van der Waals surface area (Å²) in [7, 11) is 3.37. The van der Waals surface area contributed by atoms with E-state index in [9.17, 15) is 4.79 Å². The Bertz CT molecular complexity index is 509. The monoisotopic (exact) mass is 320 g/mol. The molecule has 5 nitrogen and oxygen atoms in total. The molecule has 1 aliphatic heterocycles. The van der Waals surface area contributed by atoms with Gasteiger partial charge in [0.1, 0.15) is 5.75 Å². The summed E-state index contributed by atoms with van der Waals surface area (Å²) in [6.45, 7) is 7.55. The molecule has 23 heavy (non-hydrogen) atoms. The second-order valence-electron chi connectivity index (χ2n) is 6.26. The fraction of sp³-hybridized carbons (Fsp3) is 0.611. The molecule has 2 atom stereocenters. The number of rotatable bonds is 6. The highest BCUT2D eigenvalue weighted by Gasteiger charge is 2.31. The van der Waals surface area contributed by atoms with E-state index in [2.05, 4.69) is 18.7 Å².